The van der Waals surface area contributed by atoms with Crippen LogP contribution in [0.3, 0.4) is 0 Å². The van der Waals surface area contributed by atoms with Crippen LogP contribution in [-0.4, -0.2) is 48.0 Å². The number of rotatable bonds is 5. The third-order valence-electron chi connectivity index (χ3n) is 7.51. The molecule has 188 valence electrons. The lowest BCUT2D eigenvalue weighted by Gasteiger charge is -2.44. The van der Waals surface area contributed by atoms with Gasteiger partial charge in [0.2, 0.25) is 5.95 Å². The Kier molecular flexibility index (Phi) is 6.67. The minimum atomic E-state index is -1.06. The number of hydrogen-bond acceptors (Lipinski definition) is 7. The van der Waals surface area contributed by atoms with Crippen molar-refractivity contribution in [2.24, 2.45) is 12.5 Å². The van der Waals surface area contributed by atoms with E-state index in [1.54, 1.807) is 17.0 Å². The Morgan fingerprint density at radius 3 is 2.71 bits per heavy atom. The topological polar surface area (TPSA) is 102 Å². The maximum absolute atomic E-state index is 13.2. The zero-order chi connectivity index (χ0) is 24.8. The second-order valence-electron chi connectivity index (χ2n) is 10.7. The molecule has 2 fully saturated rings. The molecular weight excluding hydrogens is 480 g/mol. The van der Waals surface area contributed by atoms with Crippen LogP contribution in [0.1, 0.15) is 52.9 Å². The van der Waals surface area contributed by atoms with Gasteiger partial charge in [0.1, 0.15) is 10.4 Å². The standard InChI is InChI=1S/C25H34N6O2S2/c1-24(2,3)35(33)29-20-6-5-9-25(20)10-14-31(15-11-25)23-28-16-19(22(32)30(23)4)34-18-8-13-27-21-17(18)7-12-26-21/h7-8,12-13,16,20,29H,5-6,9-11,14-15H2,1-4H3,(H,26,27)/t20-,35?/m1/s1. The van der Waals surface area contributed by atoms with E-state index in [4.69, 9.17) is 4.98 Å². The van der Waals surface area contributed by atoms with Crippen LogP contribution in [0, 0.1) is 5.41 Å². The minimum Gasteiger partial charge on any atom is -0.598 e. The van der Waals surface area contributed by atoms with E-state index in [9.17, 15) is 9.35 Å². The molecule has 0 radical (unpaired) electrons. The zero-order valence-electron chi connectivity index (χ0n) is 20.8. The lowest BCUT2D eigenvalue weighted by atomic mass is 9.74. The van der Waals surface area contributed by atoms with Crippen molar-refractivity contribution in [2.75, 3.05) is 18.0 Å². The normalized spacial score (nSPS) is 21.2. The fraction of sp³-hybridized carbons (Fsp3) is 0.560. The SMILES string of the molecule is Cn1c(N2CCC3(CCC[C@H]3N[S+]([O-])C(C)(C)C)CC2)ncc(Sc2ccnc3[nH]ccc23)c1=O. The first-order valence-electron chi connectivity index (χ1n) is 12.3. The largest absolute Gasteiger partial charge is 0.598 e. The van der Waals surface area contributed by atoms with E-state index in [1.807, 2.05) is 46.1 Å². The van der Waals surface area contributed by atoms with Gasteiger partial charge in [-0.3, -0.25) is 9.36 Å². The average molecular weight is 515 g/mol. The van der Waals surface area contributed by atoms with Gasteiger partial charge >= 0.3 is 0 Å². The third kappa shape index (κ3) is 4.73. The summed E-state index contributed by atoms with van der Waals surface area (Å²) in [7, 11) is 1.81. The Hall–Kier alpha value is -2.01. The van der Waals surface area contributed by atoms with Crippen LogP contribution in [0.4, 0.5) is 5.95 Å². The van der Waals surface area contributed by atoms with Gasteiger partial charge in [0, 0.05) is 54.2 Å². The summed E-state index contributed by atoms with van der Waals surface area (Å²) in [5.74, 6) is 0.719. The Morgan fingerprint density at radius 2 is 1.97 bits per heavy atom. The first-order valence-corrected chi connectivity index (χ1v) is 14.2. The first-order chi connectivity index (χ1) is 16.7. The van der Waals surface area contributed by atoms with Crippen molar-refractivity contribution in [3.05, 3.63) is 41.1 Å². The van der Waals surface area contributed by atoms with E-state index in [-0.39, 0.29) is 21.8 Å². The lowest BCUT2D eigenvalue weighted by molar-refractivity contribution is 0.185. The van der Waals surface area contributed by atoms with Crippen LogP contribution < -0.4 is 15.2 Å². The Labute approximate surface area is 213 Å². The monoisotopic (exact) mass is 514 g/mol. The van der Waals surface area contributed by atoms with Crippen LogP contribution in [0.5, 0.6) is 0 Å². The van der Waals surface area contributed by atoms with Gasteiger partial charge in [-0.15, -0.1) is 4.72 Å². The molecule has 0 amide bonds. The fourth-order valence-electron chi connectivity index (χ4n) is 5.40. The molecule has 1 aliphatic carbocycles. The summed E-state index contributed by atoms with van der Waals surface area (Å²) in [6, 6.07) is 4.19. The van der Waals surface area contributed by atoms with Gasteiger partial charge in [-0.25, -0.2) is 9.97 Å². The number of H-pyrrole nitrogens is 1. The summed E-state index contributed by atoms with van der Waals surface area (Å²) in [4.78, 5) is 29.2. The molecule has 1 aliphatic heterocycles. The van der Waals surface area contributed by atoms with Crippen LogP contribution in [0.25, 0.3) is 11.0 Å². The van der Waals surface area contributed by atoms with Gasteiger partial charge < -0.3 is 14.4 Å². The van der Waals surface area contributed by atoms with Crippen LogP contribution in [0.15, 0.2) is 45.3 Å². The molecule has 5 rings (SSSR count). The van der Waals surface area contributed by atoms with Crippen molar-refractivity contribution in [3.8, 4) is 0 Å². The van der Waals surface area contributed by atoms with Gasteiger partial charge in [-0.2, -0.15) is 0 Å². The van der Waals surface area contributed by atoms with Crippen molar-refractivity contribution >= 4 is 40.1 Å². The number of anilines is 1. The molecule has 3 aromatic rings. The van der Waals surface area contributed by atoms with Gasteiger partial charge in [0.15, 0.2) is 0 Å². The molecule has 1 saturated heterocycles. The molecule has 1 unspecified atom stereocenters. The highest BCUT2D eigenvalue weighted by Gasteiger charge is 2.48. The highest BCUT2D eigenvalue weighted by molar-refractivity contribution is 7.99. The number of fused-ring (bicyclic) bond motifs is 1. The highest BCUT2D eigenvalue weighted by Crippen LogP contribution is 2.47. The Balaban J connectivity index is 1.30. The fourth-order valence-corrected chi connectivity index (χ4v) is 7.35. The van der Waals surface area contributed by atoms with Crippen molar-refractivity contribution in [2.45, 2.75) is 73.5 Å². The maximum Gasteiger partial charge on any atom is 0.268 e. The van der Waals surface area contributed by atoms with Gasteiger partial charge in [-0.1, -0.05) is 18.2 Å². The molecule has 2 N–H and O–H groups in total. The number of nitrogens with zero attached hydrogens (tertiary/aromatic N) is 4. The first kappa shape index (κ1) is 24.7. The summed E-state index contributed by atoms with van der Waals surface area (Å²) in [5, 5.41) is 0.997. The predicted molar refractivity (Wildman–Crippen MR) is 142 cm³/mol. The number of aromatic nitrogens is 4. The van der Waals surface area contributed by atoms with Gasteiger partial charge in [-0.05, 0) is 64.0 Å². The van der Waals surface area contributed by atoms with E-state index in [0.717, 1.165) is 54.2 Å². The molecule has 8 nitrogen and oxygen atoms in total. The molecular formula is C25H34N6O2S2. The smallest absolute Gasteiger partial charge is 0.268 e. The predicted octanol–water partition coefficient (Wildman–Crippen LogP) is 4.00. The molecule has 10 heteroatoms. The molecule has 1 saturated carbocycles. The molecule has 0 bridgehead atoms. The summed E-state index contributed by atoms with van der Waals surface area (Å²) in [6.07, 6.45) is 10.8. The molecule has 2 aliphatic rings. The third-order valence-corrected chi connectivity index (χ3v) is 10.2. The zero-order valence-corrected chi connectivity index (χ0v) is 22.5. The van der Waals surface area contributed by atoms with Gasteiger partial charge in [0.05, 0.1) is 17.1 Å². The Bertz CT molecular complexity index is 1260. The molecule has 1 spiro atoms. The van der Waals surface area contributed by atoms with Crippen LogP contribution >= 0.6 is 11.8 Å². The highest BCUT2D eigenvalue weighted by atomic mass is 32.2. The maximum atomic E-state index is 13.2. The number of pyridine rings is 1. The number of piperidine rings is 1. The van der Waals surface area contributed by atoms with E-state index in [1.165, 1.54) is 24.6 Å². The average Bonchev–Trinajstić information content (AvgIpc) is 3.45. The summed E-state index contributed by atoms with van der Waals surface area (Å²) < 4.78 is 17.6. The van der Waals surface area contributed by atoms with E-state index in [0.29, 0.717) is 4.90 Å². The van der Waals surface area contributed by atoms with E-state index < -0.39 is 11.4 Å². The molecule has 4 heterocycles. The van der Waals surface area contributed by atoms with Crippen molar-refractivity contribution in [1.82, 2.24) is 24.2 Å². The number of aromatic amines is 1. The summed E-state index contributed by atoms with van der Waals surface area (Å²) >= 11 is 0.368. The molecule has 3 aromatic heterocycles. The van der Waals surface area contributed by atoms with E-state index >= 15 is 0 Å². The van der Waals surface area contributed by atoms with Crippen molar-refractivity contribution < 1.29 is 4.55 Å². The number of nitrogens with one attached hydrogen (secondary N) is 2. The number of hydrogen-bond donors (Lipinski definition) is 2. The second kappa shape index (κ2) is 9.46. The van der Waals surface area contributed by atoms with Crippen molar-refractivity contribution in [1.29, 1.82) is 0 Å². The van der Waals surface area contributed by atoms with Crippen LogP contribution in [0.2, 0.25) is 0 Å². The van der Waals surface area contributed by atoms with Gasteiger partial charge in [0.25, 0.3) is 5.56 Å². The van der Waals surface area contributed by atoms with E-state index in [2.05, 4.69) is 19.6 Å². The molecule has 35 heavy (non-hydrogen) atoms. The Morgan fingerprint density at radius 1 is 1.20 bits per heavy atom. The minimum absolute atomic E-state index is 0.0400. The molecule has 0 aromatic carbocycles. The summed E-state index contributed by atoms with van der Waals surface area (Å²) in [5.41, 5.74) is 0.946. The lowest BCUT2D eigenvalue weighted by Crippen LogP contribution is -2.53. The molecule has 2 atom stereocenters. The second-order valence-corrected chi connectivity index (χ2v) is 13.8. The quantitative estimate of drug-likeness (QED) is 0.496. The van der Waals surface area contributed by atoms with Crippen LogP contribution in [-0.2, 0) is 18.4 Å². The summed E-state index contributed by atoms with van der Waals surface area (Å²) in [6.45, 7) is 7.75. The van der Waals surface area contributed by atoms with Crippen molar-refractivity contribution in [3.63, 3.8) is 0 Å².